The highest BCUT2D eigenvalue weighted by Gasteiger charge is 2.35. The number of imidazole rings is 1. The van der Waals surface area contributed by atoms with Crippen LogP contribution in [0.4, 0.5) is 0 Å². The Morgan fingerprint density at radius 3 is 2.87 bits per heavy atom. The van der Waals surface area contributed by atoms with Crippen LogP contribution in [0.1, 0.15) is 24.5 Å². The number of pyridine rings is 1. The van der Waals surface area contributed by atoms with Crippen LogP contribution in [0.5, 0.6) is 0 Å². The van der Waals surface area contributed by atoms with E-state index in [2.05, 4.69) is 14.5 Å². The van der Waals surface area contributed by atoms with Gasteiger partial charge in [-0.15, -0.1) is 0 Å². The molecule has 2 aromatic heterocycles. The van der Waals surface area contributed by atoms with Crippen molar-refractivity contribution in [3.05, 3.63) is 42.2 Å². The van der Waals surface area contributed by atoms with Crippen molar-refractivity contribution in [1.82, 2.24) is 18.8 Å². The highest BCUT2D eigenvalue weighted by Crippen LogP contribution is 2.30. The Balaban J connectivity index is 1.90. The molecule has 0 aromatic carbocycles. The van der Waals surface area contributed by atoms with Gasteiger partial charge in [0, 0.05) is 50.9 Å². The normalized spacial score (nSPS) is 18.8. The molecule has 0 saturated heterocycles. The maximum Gasteiger partial charge on any atom is 0.245 e. The topological polar surface area (TPSA) is 77.3 Å². The van der Waals surface area contributed by atoms with Gasteiger partial charge in [0.1, 0.15) is 10.7 Å². The molecule has 0 N–H and O–H groups in total. The first kappa shape index (κ1) is 16.1. The molecule has 0 amide bonds. The molecule has 0 saturated carbocycles. The van der Waals surface area contributed by atoms with Crippen LogP contribution in [-0.4, -0.2) is 47.5 Å². The number of aromatic nitrogens is 3. The van der Waals surface area contributed by atoms with Gasteiger partial charge in [-0.3, -0.25) is 4.98 Å². The molecule has 1 aliphatic rings. The third-order valence-electron chi connectivity index (χ3n) is 4.12. The van der Waals surface area contributed by atoms with Gasteiger partial charge >= 0.3 is 0 Å². The lowest BCUT2D eigenvalue weighted by Crippen LogP contribution is -2.41. The molecule has 8 heteroatoms. The summed E-state index contributed by atoms with van der Waals surface area (Å²) in [7, 11) is -1.90. The van der Waals surface area contributed by atoms with Gasteiger partial charge in [0.2, 0.25) is 10.0 Å². The molecule has 0 aliphatic carbocycles. The molecule has 3 heterocycles. The highest BCUT2D eigenvalue weighted by molar-refractivity contribution is 7.89. The van der Waals surface area contributed by atoms with Gasteiger partial charge in [0.25, 0.3) is 0 Å². The molecule has 3 rings (SSSR count). The van der Waals surface area contributed by atoms with E-state index in [1.807, 2.05) is 13.1 Å². The number of hydrogen-bond donors (Lipinski definition) is 0. The zero-order chi connectivity index (χ0) is 16.4. The first-order chi connectivity index (χ1) is 11.1. The van der Waals surface area contributed by atoms with Crippen LogP contribution in [0.25, 0.3) is 0 Å². The van der Waals surface area contributed by atoms with Crippen LogP contribution in [0.2, 0.25) is 0 Å². The number of ether oxygens (including phenoxy) is 1. The zero-order valence-electron chi connectivity index (χ0n) is 13.2. The Labute approximate surface area is 136 Å². The standard InChI is InChI=1S/C15H20N4O3S/c1-12-15-17-10-13(5-9-22-2)18(15)7-8-19(12)23(20,21)14-4-3-6-16-11-14/h3-4,6,10-12H,5,7-9H2,1-2H3/t12-/m0/s1. The van der Waals surface area contributed by atoms with E-state index in [-0.39, 0.29) is 10.9 Å². The van der Waals surface area contributed by atoms with Crippen LogP contribution < -0.4 is 0 Å². The molecule has 0 unspecified atom stereocenters. The van der Waals surface area contributed by atoms with Crippen LogP contribution in [0.3, 0.4) is 0 Å². The molecule has 124 valence electrons. The monoisotopic (exact) mass is 336 g/mol. The second kappa shape index (κ2) is 6.38. The number of sulfonamides is 1. The van der Waals surface area contributed by atoms with Gasteiger partial charge in [-0.25, -0.2) is 13.4 Å². The van der Waals surface area contributed by atoms with Gasteiger partial charge < -0.3 is 9.30 Å². The predicted octanol–water partition coefficient (Wildman–Crippen LogP) is 1.23. The van der Waals surface area contributed by atoms with Gasteiger partial charge in [-0.2, -0.15) is 4.31 Å². The summed E-state index contributed by atoms with van der Waals surface area (Å²) in [5.74, 6) is 0.773. The lowest BCUT2D eigenvalue weighted by atomic mass is 10.2. The lowest BCUT2D eigenvalue weighted by molar-refractivity contribution is 0.198. The number of fused-ring (bicyclic) bond motifs is 1. The van der Waals surface area contributed by atoms with Crippen LogP contribution in [0, 0.1) is 0 Å². The van der Waals surface area contributed by atoms with Crippen LogP contribution in [0.15, 0.2) is 35.6 Å². The third-order valence-corrected chi connectivity index (χ3v) is 6.08. The van der Waals surface area contributed by atoms with E-state index >= 15 is 0 Å². The van der Waals surface area contributed by atoms with E-state index < -0.39 is 10.0 Å². The smallest absolute Gasteiger partial charge is 0.245 e. The number of methoxy groups -OCH3 is 1. The van der Waals surface area contributed by atoms with Crippen molar-refractivity contribution >= 4 is 10.0 Å². The molecule has 1 atom stereocenters. The number of rotatable bonds is 5. The molecule has 7 nitrogen and oxygen atoms in total. The molecule has 0 radical (unpaired) electrons. The van der Waals surface area contributed by atoms with E-state index in [1.54, 1.807) is 25.4 Å². The van der Waals surface area contributed by atoms with E-state index in [9.17, 15) is 8.42 Å². The molecular formula is C15H20N4O3S. The summed E-state index contributed by atoms with van der Waals surface area (Å²) in [6.07, 6.45) is 5.53. The minimum atomic E-state index is -3.57. The lowest BCUT2D eigenvalue weighted by Gasteiger charge is -2.33. The summed E-state index contributed by atoms with van der Waals surface area (Å²) in [6.45, 7) is 3.50. The number of nitrogens with zero attached hydrogens (tertiary/aromatic N) is 4. The van der Waals surface area contributed by atoms with Crippen LogP contribution >= 0.6 is 0 Å². The van der Waals surface area contributed by atoms with E-state index in [4.69, 9.17) is 4.74 Å². The molecule has 0 bridgehead atoms. The van der Waals surface area contributed by atoms with Crippen molar-refractivity contribution in [2.24, 2.45) is 0 Å². The fraction of sp³-hybridized carbons (Fsp3) is 0.467. The van der Waals surface area contributed by atoms with Crippen molar-refractivity contribution in [1.29, 1.82) is 0 Å². The van der Waals surface area contributed by atoms with Gasteiger partial charge in [0.05, 0.1) is 12.6 Å². The molecular weight excluding hydrogens is 316 g/mol. The average Bonchev–Trinajstić information content (AvgIpc) is 2.98. The number of hydrogen-bond acceptors (Lipinski definition) is 5. The average molecular weight is 336 g/mol. The van der Waals surface area contributed by atoms with Crippen molar-refractivity contribution in [2.45, 2.75) is 30.8 Å². The van der Waals surface area contributed by atoms with Crippen molar-refractivity contribution in [3.8, 4) is 0 Å². The summed E-state index contributed by atoms with van der Waals surface area (Å²) < 4.78 is 34.3. The molecule has 23 heavy (non-hydrogen) atoms. The zero-order valence-corrected chi connectivity index (χ0v) is 14.0. The van der Waals surface area contributed by atoms with E-state index in [0.717, 1.165) is 17.9 Å². The van der Waals surface area contributed by atoms with Gasteiger partial charge in [-0.1, -0.05) is 0 Å². The summed E-state index contributed by atoms with van der Waals surface area (Å²) in [4.78, 5) is 8.56. The largest absolute Gasteiger partial charge is 0.384 e. The molecule has 2 aromatic rings. The first-order valence-electron chi connectivity index (χ1n) is 7.51. The predicted molar refractivity (Wildman–Crippen MR) is 84.4 cm³/mol. The Morgan fingerprint density at radius 2 is 2.17 bits per heavy atom. The highest BCUT2D eigenvalue weighted by atomic mass is 32.2. The Kier molecular flexibility index (Phi) is 4.47. The Bertz CT molecular complexity index is 773. The minimum Gasteiger partial charge on any atom is -0.384 e. The SMILES string of the molecule is COCCc1cnc2n1CCN(S(=O)(=O)c1cccnc1)[C@H]2C. The second-order valence-electron chi connectivity index (χ2n) is 5.48. The fourth-order valence-corrected chi connectivity index (χ4v) is 4.46. The van der Waals surface area contributed by atoms with Gasteiger partial charge in [-0.05, 0) is 19.1 Å². The van der Waals surface area contributed by atoms with Gasteiger partial charge in [0.15, 0.2) is 0 Å². The molecule has 0 fully saturated rings. The van der Waals surface area contributed by atoms with Crippen molar-refractivity contribution in [2.75, 3.05) is 20.3 Å². The Morgan fingerprint density at radius 1 is 1.35 bits per heavy atom. The van der Waals surface area contributed by atoms with Crippen LogP contribution in [-0.2, 0) is 27.7 Å². The summed E-state index contributed by atoms with van der Waals surface area (Å²) in [6, 6.07) is 2.89. The quantitative estimate of drug-likeness (QED) is 0.821. The third kappa shape index (κ3) is 2.89. The summed E-state index contributed by atoms with van der Waals surface area (Å²) in [5, 5.41) is 0. The molecule has 0 spiro atoms. The molecule has 1 aliphatic heterocycles. The first-order valence-corrected chi connectivity index (χ1v) is 8.95. The fourth-order valence-electron chi connectivity index (χ4n) is 2.91. The van der Waals surface area contributed by atoms with E-state index in [0.29, 0.717) is 19.7 Å². The van der Waals surface area contributed by atoms with Crippen molar-refractivity contribution < 1.29 is 13.2 Å². The second-order valence-corrected chi connectivity index (χ2v) is 7.37. The minimum absolute atomic E-state index is 0.214. The summed E-state index contributed by atoms with van der Waals surface area (Å²) in [5.41, 5.74) is 1.08. The maximum atomic E-state index is 12.8. The Hall–Kier alpha value is -1.77. The van der Waals surface area contributed by atoms with Crippen molar-refractivity contribution in [3.63, 3.8) is 0 Å². The summed E-state index contributed by atoms with van der Waals surface area (Å²) >= 11 is 0. The maximum absolute atomic E-state index is 12.8. The van der Waals surface area contributed by atoms with E-state index in [1.165, 1.54) is 10.5 Å².